The number of hydrogen-bond donors (Lipinski definition) is 1. The molecule has 1 unspecified atom stereocenters. The minimum atomic E-state index is -2.34. The molecule has 0 aromatic heterocycles. The average Bonchev–Trinajstić information content (AvgIpc) is 2.57. The lowest BCUT2D eigenvalue weighted by Gasteiger charge is -2.29. The molecule has 0 amide bonds. The molecular weight excluding hydrogens is 386 g/mol. The van der Waals surface area contributed by atoms with E-state index in [0.717, 1.165) is 0 Å². The number of allylic oxidation sites excluding steroid dienone is 2. The molecule has 0 bridgehead atoms. The maximum Gasteiger partial charge on any atom is 0.213 e. The van der Waals surface area contributed by atoms with E-state index in [1.165, 1.54) is 19.2 Å². The molecule has 2 rings (SSSR count). The van der Waals surface area contributed by atoms with E-state index in [1.54, 1.807) is 12.1 Å². The molecule has 0 fully saturated rings. The van der Waals surface area contributed by atoms with Crippen LogP contribution in [0.5, 0.6) is 5.75 Å². The number of methoxy groups -OCH3 is 1. The highest BCUT2D eigenvalue weighted by molar-refractivity contribution is 6.58. The predicted octanol–water partition coefficient (Wildman–Crippen LogP) is 3.96. The van der Waals surface area contributed by atoms with Crippen molar-refractivity contribution < 1.29 is 19.4 Å². The number of ketones is 2. The van der Waals surface area contributed by atoms with Gasteiger partial charge >= 0.3 is 0 Å². The van der Waals surface area contributed by atoms with Crippen molar-refractivity contribution >= 4 is 58.0 Å². The monoisotopic (exact) mass is 394 g/mol. The second kappa shape index (κ2) is 6.83. The first-order chi connectivity index (χ1) is 10.7. The van der Waals surface area contributed by atoms with Gasteiger partial charge in [0.15, 0.2) is 11.4 Å². The lowest BCUT2D eigenvalue weighted by atomic mass is 9.86. The maximum atomic E-state index is 12.3. The molecule has 0 aliphatic heterocycles. The third kappa shape index (κ3) is 3.28. The highest BCUT2D eigenvalue weighted by Crippen LogP contribution is 2.44. The number of carbonyl (C=O) groups is 2. The Morgan fingerprint density at radius 1 is 1.09 bits per heavy atom. The molecule has 0 saturated heterocycles. The Morgan fingerprint density at radius 2 is 1.65 bits per heavy atom. The molecule has 1 aliphatic rings. The van der Waals surface area contributed by atoms with E-state index in [-0.39, 0.29) is 15.6 Å². The number of rotatable bonds is 4. The lowest BCUT2D eigenvalue weighted by Crippen LogP contribution is -2.44. The van der Waals surface area contributed by atoms with Crippen molar-refractivity contribution in [1.29, 1.82) is 0 Å². The fourth-order valence-electron chi connectivity index (χ4n) is 2.02. The number of carbonyl (C=O) groups excluding carboxylic acids is 2. The van der Waals surface area contributed by atoms with Crippen LogP contribution in [0.4, 0.5) is 0 Å². The Bertz CT molecular complexity index is 736. The average molecular weight is 396 g/mol. The van der Waals surface area contributed by atoms with Crippen molar-refractivity contribution in [3.05, 3.63) is 50.0 Å². The van der Waals surface area contributed by atoms with E-state index < -0.39 is 33.7 Å². The van der Waals surface area contributed by atoms with Crippen molar-refractivity contribution in [2.45, 2.75) is 12.0 Å². The van der Waals surface area contributed by atoms with Gasteiger partial charge in [-0.05, 0) is 24.3 Å². The molecule has 4 nitrogen and oxygen atoms in total. The first kappa shape index (κ1) is 18.3. The summed E-state index contributed by atoms with van der Waals surface area (Å²) < 4.78 is 4.99. The van der Waals surface area contributed by atoms with Crippen LogP contribution in [-0.4, -0.2) is 29.4 Å². The van der Waals surface area contributed by atoms with E-state index in [2.05, 4.69) is 0 Å². The summed E-state index contributed by atoms with van der Waals surface area (Å²) in [6.45, 7) is 0. The minimum Gasteiger partial charge on any atom is -0.497 e. The van der Waals surface area contributed by atoms with E-state index >= 15 is 0 Å². The van der Waals surface area contributed by atoms with Gasteiger partial charge in [0, 0.05) is 5.56 Å². The van der Waals surface area contributed by atoms with Crippen LogP contribution in [-0.2, 0) is 4.79 Å². The molecule has 0 spiro atoms. The molecule has 23 heavy (non-hydrogen) atoms. The summed E-state index contributed by atoms with van der Waals surface area (Å²) in [5, 5.41) is 9.14. The Hall–Kier alpha value is -1.04. The van der Waals surface area contributed by atoms with Crippen LogP contribution < -0.4 is 4.74 Å². The predicted molar refractivity (Wildman–Crippen MR) is 89.4 cm³/mol. The van der Waals surface area contributed by atoms with E-state index in [0.29, 0.717) is 5.75 Å². The van der Waals surface area contributed by atoms with Gasteiger partial charge in [-0.25, -0.2) is 0 Å². The zero-order valence-corrected chi connectivity index (χ0v) is 14.7. The standard InChI is InChI=1S/C15H10Cl4O4/c1-23-8-4-2-7(3-5-8)9(20)6-15(22)13(19)11(17)10(16)12(18)14(15)21/h2-5,22H,6H2,1H3. The van der Waals surface area contributed by atoms with Gasteiger partial charge in [0.25, 0.3) is 0 Å². The Balaban J connectivity index is 2.34. The summed E-state index contributed by atoms with van der Waals surface area (Å²) in [7, 11) is 1.49. The van der Waals surface area contributed by atoms with E-state index in [1.807, 2.05) is 0 Å². The SMILES string of the molecule is COc1ccc(C(=O)CC2(O)C(=O)C(Cl)=C(Cl)C(Cl)=C2Cl)cc1. The molecule has 122 valence electrons. The number of hydrogen-bond acceptors (Lipinski definition) is 4. The highest BCUT2D eigenvalue weighted by atomic mass is 35.5. The molecule has 1 N–H and O–H groups in total. The third-order valence-electron chi connectivity index (χ3n) is 3.34. The zero-order valence-electron chi connectivity index (χ0n) is 11.7. The smallest absolute Gasteiger partial charge is 0.213 e. The summed E-state index contributed by atoms with van der Waals surface area (Å²) in [5.41, 5.74) is -2.07. The van der Waals surface area contributed by atoms with Gasteiger partial charge in [0.2, 0.25) is 5.78 Å². The van der Waals surface area contributed by atoms with Gasteiger partial charge in [-0.15, -0.1) is 0 Å². The van der Waals surface area contributed by atoms with Crippen LogP contribution in [0.15, 0.2) is 44.4 Å². The molecule has 1 aromatic carbocycles. The molecule has 0 radical (unpaired) electrons. The molecule has 8 heteroatoms. The number of Topliss-reactive ketones (excluding diaryl/α,β-unsaturated/α-hetero) is 2. The number of benzene rings is 1. The molecule has 1 aliphatic carbocycles. The molecule has 0 heterocycles. The second-order valence-electron chi connectivity index (χ2n) is 4.77. The molecular formula is C15H10Cl4O4. The molecule has 1 aromatic rings. The summed E-state index contributed by atoms with van der Waals surface area (Å²) in [5.74, 6) is -0.929. The van der Waals surface area contributed by atoms with E-state index in [9.17, 15) is 14.7 Å². The number of ether oxygens (including phenoxy) is 1. The molecule has 1 atom stereocenters. The minimum absolute atomic E-state index is 0.259. The van der Waals surface area contributed by atoms with Gasteiger partial charge in [0.05, 0.1) is 28.6 Å². The van der Waals surface area contributed by atoms with Crippen LogP contribution in [0.3, 0.4) is 0 Å². The summed E-state index contributed by atoms with van der Waals surface area (Å²) >= 11 is 23.3. The van der Waals surface area contributed by atoms with Gasteiger partial charge in [-0.1, -0.05) is 46.4 Å². The van der Waals surface area contributed by atoms with E-state index in [4.69, 9.17) is 51.1 Å². The topological polar surface area (TPSA) is 63.6 Å². The van der Waals surface area contributed by atoms with Crippen LogP contribution >= 0.6 is 46.4 Å². The summed E-state index contributed by atoms with van der Waals surface area (Å²) in [6, 6.07) is 6.16. The summed E-state index contributed by atoms with van der Waals surface area (Å²) in [4.78, 5) is 24.5. The second-order valence-corrected chi connectivity index (χ2v) is 6.29. The van der Waals surface area contributed by atoms with Crippen molar-refractivity contribution in [2.75, 3.05) is 7.11 Å². The normalized spacial score (nSPS) is 21.7. The number of halogens is 4. The van der Waals surface area contributed by atoms with Gasteiger partial charge in [0.1, 0.15) is 10.8 Å². The quantitative estimate of drug-likeness (QED) is 0.783. The Morgan fingerprint density at radius 3 is 2.17 bits per heavy atom. The van der Waals surface area contributed by atoms with Crippen LogP contribution in [0, 0.1) is 0 Å². The van der Waals surface area contributed by atoms with Crippen molar-refractivity contribution in [2.24, 2.45) is 0 Å². The Labute approximate surface area is 152 Å². The maximum absolute atomic E-state index is 12.3. The fourth-order valence-corrected chi connectivity index (χ4v) is 3.05. The lowest BCUT2D eigenvalue weighted by molar-refractivity contribution is -0.128. The first-order valence-corrected chi connectivity index (χ1v) is 7.79. The number of aliphatic hydroxyl groups is 1. The van der Waals surface area contributed by atoms with Gasteiger partial charge in [-0.3, -0.25) is 9.59 Å². The Kier molecular flexibility index (Phi) is 5.44. The zero-order chi connectivity index (χ0) is 17.4. The highest BCUT2D eigenvalue weighted by Gasteiger charge is 2.48. The first-order valence-electron chi connectivity index (χ1n) is 6.28. The van der Waals surface area contributed by atoms with Gasteiger partial charge < -0.3 is 9.84 Å². The van der Waals surface area contributed by atoms with Crippen LogP contribution in [0.1, 0.15) is 16.8 Å². The van der Waals surface area contributed by atoms with Gasteiger partial charge in [-0.2, -0.15) is 0 Å². The largest absolute Gasteiger partial charge is 0.497 e. The molecule has 0 saturated carbocycles. The van der Waals surface area contributed by atoms with Crippen LogP contribution in [0.2, 0.25) is 0 Å². The summed E-state index contributed by atoms with van der Waals surface area (Å²) in [6.07, 6.45) is -0.617. The third-order valence-corrected chi connectivity index (χ3v) is 5.25. The van der Waals surface area contributed by atoms with Crippen LogP contribution in [0.25, 0.3) is 0 Å². The van der Waals surface area contributed by atoms with Crippen molar-refractivity contribution in [1.82, 2.24) is 0 Å². The van der Waals surface area contributed by atoms with Crippen molar-refractivity contribution in [3.63, 3.8) is 0 Å². The fraction of sp³-hybridized carbons (Fsp3) is 0.200. The van der Waals surface area contributed by atoms with Crippen molar-refractivity contribution in [3.8, 4) is 5.75 Å².